The van der Waals surface area contributed by atoms with Crippen molar-refractivity contribution in [3.8, 4) is 0 Å². The number of carbonyl (C=O) groups excluding carboxylic acids is 1. The zero-order valence-corrected chi connectivity index (χ0v) is 12.2. The van der Waals surface area contributed by atoms with Gasteiger partial charge in [-0.25, -0.2) is 0 Å². The summed E-state index contributed by atoms with van der Waals surface area (Å²) < 4.78 is 0. The maximum absolute atomic E-state index is 11.8. The highest BCUT2D eigenvalue weighted by Gasteiger charge is 2.04. The molecule has 0 saturated carbocycles. The molecule has 0 heterocycles. The van der Waals surface area contributed by atoms with Crippen LogP contribution in [0.15, 0.2) is 30.3 Å². The van der Waals surface area contributed by atoms with Crippen LogP contribution in [0.1, 0.15) is 55.8 Å². The van der Waals surface area contributed by atoms with E-state index in [-0.39, 0.29) is 5.78 Å². The van der Waals surface area contributed by atoms with Crippen molar-refractivity contribution >= 4 is 17.5 Å². The van der Waals surface area contributed by atoms with Crippen molar-refractivity contribution in [3.63, 3.8) is 0 Å². The van der Waals surface area contributed by atoms with Gasteiger partial charge in [0.1, 0.15) is 0 Å². The molecule has 2 heteroatoms. The quantitative estimate of drug-likeness (QED) is 0.439. The standard InChI is InChI=1S/C16H24OS/c1-2-3-4-5-6-10-13-18-14-16(17)15-11-8-7-9-12-15/h7-9,11-12H,2-6,10,13-14H2,1H3. The van der Waals surface area contributed by atoms with E-state index in [1.54, 1.807) is 11.8 Å². The number of rotatable bonds is 10. The largest absolute Gasteiger partial charge is 0.293 e. The normalized spacial score (nSPS) is 10.5. The van der Waals surface area contributed by atoms with Crippen LogP contribution in [0.2, 0.25) is 0 Å². The van der Waals surface area contributed by atoms with Crippen molar-refractivity contribution in [1.29, 1.82) is 0 Å². The van der Waals surface area contributed by atoms with Crippen molar-refractivity contribution in [1.82, 2.24) is 0 Å². The highest BCUT2D eigenvalue weighted by Crippen LogP contribution is 2.11. The molecule has 0 unspecified atom stereocenters. The molecule has 18 heavy (non-hydrogen) atoms. The Morgan fingerprint density at radius 1 is 1.00 bits per heavy atom. The second-order valence-corrected chi connectivity index (χ2v) is 5.71. The summed E-state index contributed by atoms with van der Waals surface area (Å²) in [5, 5.41) is 0. The highest BCUT2D eigenvalue weighted by atomic mass is 32.2. The van der Waals surface area contributed by atoms with Gasteiger partial charge in [-0.3, -0.25) is 4.79 Å². The molecule has 0 aromatic heterocycles. The first-order valence-corrected chi connectivity index (χ1v) is 8.16. The summed E-state index contributed by atoms with van der Waals surface area (Å²) >= 11 is 1.77. The molecule has 0 aliphatic carbocycles. The van der Waals surface area contributed by atoms with Crippen molar-refractivity contribution in [3.05, 3.63) is 35.9 Å². The van der Waals surface area contributed by atoms with Crippen LogP contribution in [0, 0.1) is 0 Å². The number of thioether (sulfide) groups is 1. The molecule has 0 bridgehead atoms. The van der Waals surface area contributed by atoms with Crippen LogP contribution in [0.5, 0.6) is 0 Å². The second-order valence-electron chi connectivity index (χ2n) is 4.61. The van der Waals surface area contributed by atoms with Gasteiger partial charge in [-0.2, -0.15) is 11.8 Å². The lowest BCUT2D eigenvalue weighted by atomic mass is 10.1. The minimum atomic E-state index is 0.256. The zero-order chi connectivity index (χ0) is 13.1. The van der Waals surface area contributed by atoms with Crippen LogP contribution in [-0.2, 0) is 0 Å². The number of unbranched alkanes of at least 4 members (excludes halogenated alkanes) is 5. The number of hydrogen-bond acceptors (Lipinski definition) is 2. The fourth-order valence-corrected chi connectivity index (χ4v) is 2.76. The molecule has 0 spiro atoms. The van der Waals surface area contributed by atoms with Crippen LogP contribution in [0.25, 0.3) is 0 Å². The fraction of sp³-hybridized carbons (Fsp3) is 0.562. The highest BCUT2D eigenvalue weighted by molar-refractivity contribution is 7.99. The van der Waals surface area contributed by atoms with E-state index < -0.39 is 0 Å². The fourth-order valence-electron chi connectivity index (χ4n) is 1.86. The summed E-state index contributed by atoms with van der Waals surface area (Å²) in [6, 6.07) is 9.58. The first kappa shape index (κ1) is 15.3. The number of Topliss-reactive ketones (excluding diaryl/α,β-unsaturated/α-hetero) is 1. The molecule has 1 nitrogen and oxygen atoms in total. The Morgan fingerprint density at radius 2 is 1.67 bits per heavy atom. The number of carbonyl (C=O) groups is 1. The van der Waals surface area contributed by atoms with Crippen LogP contribution >= 0.6 is 11.8 Å². The lowest BCUT2D eigenvalue weighted by Gasteiger charge is -2.02. The van der Waals surface area contributed by atoms with Crippen molar-refractivity contribution in [2.24, 2.45) is 0 Å². The van der Waals surface area contributed by atoms with E-state index in [1.807, 2.05) is 30.3 Å². The van der Waals surface area contributed by atoms with E-state index in [9.17, 15) is 4.79 Å². The van der Waals surface area contributed by atoms with Crippen molar-refractivity contribution in [2.75, 3.05) is 11.5 Å². The van der Waals surface area contributed by atoms with Gasteiger partial charge < -0.3 is 0 Å². The summed E-state index contributed by atoms with van der Waals surface area (Å²) in [6.45, 7) is 2.24. The maximum Gasteiger partial charge on any atom is 0.172 e. The Bertz CT molecular complexity index is 321. The first-order valence-electron chi connectivity index (χ1n) is 7.00. The number of hydrogen-bond donors (Lipinski definition) is 0. The minimum absolute atomic E-state index is 0.256. The zero-order valence-electron chi connectivity index (χ0n) is 11.4. The summed E-state index contributed by atoms with van der Waals surface area (Å²) in [6.07, 6.45) is 7.94. The van der Waals surface area contributed by atoms with E-state index in [2.05, 4.69) is 6.92 Å². The molecule has 0 atom stereocenters. The van der Waals surface area contributed by atoms with Crippen LogP contribution < -0.4 is 0 Å². The van der Waals surface area contributed by atoms with E-state index in [0.717, 1.165) is 11.3 Å². The SMILES string of the molecule is CCCCCCCCSCC(=O)c1ccccc1. The molecule has 1 aromatic carbocycles. The Kier molecular flexibility index (Phi) is 8.66. The summed E-state index contributed by atoms with van der Waals surface area (Å²) in [5.74, 6) is 2.00. The Labute approximate surface area is 115 Å². The molecular weight excluding hydrogens is 240 g/mol. The Hall–Kier alpha value is -0.760. The molecule has 0 saturated heterocycles. The van der Waals surface area contributed by atoms with Gasteiger partial charge in [0, 0.05) is 5.56 Å². The van der Waals surface area contributed by atoms with Gasteiger partial charge in [0.25, 0.3) is 0 Å². The Morgan fingerprint density at radius 3 is 2.39 bits per heavy atom. The number of ketones is 1. The average molecular weight is 264 g/mol. The molecule has 1 aromatic rings. The van der Waals surface area contributed by atoms with Gasteiger partial charge in [0.05, 0.1) is 5.75 Å². The van der Waals surface area contributed by atoms with Crippen molar-refractivity contribution in [2.45, 2.75) is 45.4 Å². The topological polar surface area (TPSA) is 17.1 Å². The lowest BCUT2D eigenvalue weighted by molar-refractivity contribution is 0.102. The summed E-state index contributed by atoms with van der Waals surface area (Å²) in [7, 11) is 0. The van der Waals surface area contributed by atoms with Gasteiger partial charge in [0.15, 0.2) is 5.78 Å². The van der Waals surface area contributed by atoms with E-state index in [0.29, 0.717) is 5.75 Å². The van der Waals surface area contributed by atoms with Gasteiger partial charge in [-0.05, 0) is 12.2 Å². The molecule has 0 aliphatic rings. The molecule has 0 amide bonds. The Balaban J connectivity index is 2.00. The third-order valence-electron chi connectivity index (χ3n) is 2.97. The van der Waals surface area contributed by atoms with Crippen LogP contribution in [0.3, 0.4) is 0 Å². The molecular formula is C16H24OS. The lowest BCUT2D eigenvalue weighted by Crippen LogP contribution is -2.02. The van der Waals surface area contributed by atoms with Gasteiger partial charge in [-0.1, -0.05) is 69.4 Å². The van der Waals surface area contributed by atoms with E-state index in [1.165, 1.54) is 38.5 Å². The summed E-state index contributed by atoms with van der Waals surface area (Å²) in [4.78, 5) is 11.8. The smallest absolute Gasteiger partial charge is 0.172 e. The summed E-state index contributed by atoms with van der Waals surface area (Å²) in [5.41, 5.74) is 0.841. The maximum atomic E-state index is 11.8. The predicted molar refractivity (Wildman–Crippen MR) is 81.5 cm³/mol. The average Bonchev–Trinajstić information content (AvgIpc) is 2.42. The third kappa shape index (κ3) is 6.85. The molecule has 0 N–H and O–H groups in total. The van der Waals surface area contributed by atoms with Crippen molar-refractivity contribution < 1.29 is 4.79 Å². The van der Waals surface area contributed by atoms with Crippen LogP contribution in [0.4, 0.5) is 0 Å². The molecule has 0 aliphatic heterocycles. The minimum Gasteiger partial charge on any atom is -0.293 e. The first-order chi connectivity index (χ1) is 8.84. The van der Waals surface area contributed by atoms with E-state index >= 15 is 0 Å². The third-order valence-corrected chi connectivity index (χ3v) is 4.01. The number of benzene rings is 1. The van der Waals surface area contributed by atoms with E-state index in [4.69, 9.17) is 0 Å². The molecule has 100 valence electrons. The molecule has 0 fully saturated rings. The molecule has 1 rings (SSSR count). The predicted octanol–water partition coefficient (Wildman–Crippen LogP) is 4.96. The monoisotopic (exact) mass is 264 g/mol. The van der Waals surface area contributed by atoms with Gasteiger partial charge >= 0.3 is 0 Å². The molecule has 0 radical (unpaired) electrons. The second kappa shape index (κ2) is 10.2. The van der Waals surface area contributed by atoms with Gasteiger partial charge in [0.2, 0.25) is 0 Å². The van der Waals surface area contributed by atoms with Gasteiger partial charge in [-0.15, -0.1) is 0 Å². The van der Waals surface area contributed by atoms with Crippen LogP contribution in [-0.4, -0.2) is 17.3 Å².